The van der Waals surface area contributed by atoms with Crippen molar-refractivity contribution < 1.29 is 18.9 Å². The van der Waals surface area contributed by atoms with Crippen molar-refractivity contribution in [3.8, 4) is 0 Å². The molecule has 0 saturated heterocycles. The van der Waals surface area contributed by atoms with Crippen LogP contribution in [0.5, 0.6) is 0 Å². The van der Waals surface area contributed by atoms with Gasteiger partial charge in [0, 0.05) is 0 Å². The Balaban J connectivity index is 0.000000234. The van der Waals surface area contributed by atoms with Gasteiger partial charge in [-0.1, -0.05) is 117 Å². The van der Waals surface area contributed by atoms with Gasteiger partial charge in [0.25, 0.3) is 0 Å². The molecule has 3 heteroatoms. The Bertz CT molecular complexity index is 1260. The molecule has 0 unspecified atom stereocenters. The monoisotopic (exact) mass is 628 g/mol. The zero-order valence-electron chi connectivity index (χ0n) is 25.7. The minimum atomic E-state index is -1.85. The molecular weight excluding hydrogens is 583 g/mol. The molecule has 4 rings (SSSR count). The van der Waals surface area contributed by atoms with Gasteiger partial charge in [-0.25, -0.2) is 0 Å². The fourth-order valence-corrected chi connectivity index (χ4v) is 4.66. The Morgan fingerprint density at radius 2 is 0.842 bits per heavy atom. The quantitative estimate of drug-likeness (QED) is 0.170. The van der Waals surface area contributed by atoms with E-state index in [0.29, 0.717) is 0 Å². The summed E-state index contributed by atoms with van der Waals surface area (Å²) in [6.07, 6.45) is 0. The van der Waals surface area contributed by atoms with Crippen molar-refractivity contribution in [2.24, 2.45) is 0 Å². The van der Waals surface area contributed by atoms with E-state index in [1.165, 1.54) is 43.8 Å². The number of benzene rings is 2. The fraction of sp³-hybridized carbons (Fsp3) is 0.457. The molecule has 0 fully saturated rings. The van der Waals surface area contributed by atoms with Gasteiger partial charge in [0.2, 0.25) is 0 Å². The van der Waals surface area contributed by atoms with E-state index in [2.05, 4.69) is 148 Å². The van der Waals surface area contributed by atoms with E-state index in [9.17, 15) is 0 Å². The van der Waals surface area contributed by atoms with Crippen LogP contribution < -0.4 is 0 Å². The van der Waals surface area contributed by atoms with Crippen LogP contribution in [-0.4, -0.2) is 4.21 Å². The maximum atomic E-state index is 5.13. The molecule has 0 bridgehead atoms. The SMILES string of the molecule is CC(C)(C)c1ccc2c(C(C)(C)C)c[cH-]c2c1.CC(C)(C)c1ccc2c(C(C)(C)C)c[cH-]c2c1.[CH2]=[Zr]([Cl])[Cl]. The first-order chi connectivity index (χ1) is 17.1. The van der Waals surface area contributed by atoms with Gasteiger partial charge < -0.3 is 0 Å². The number of fused-ring (bicyclic) bond motifs is 2. The molecule has 0 saturated carbocycles. The molecule has 0 aliphatic heterocycles. The first-order valence-corrected chi connectivity index (χ1v) is 21.6. The van der Waals surface area contributed by atoms with Crippen LogP contribution in [0, 0.1) is 0 Å². The molecule has 208 valence electrons. The predicted molar refractivity (Wildman–Crippen MR) is 173 cm³/mol. The zero-order valence-corrected chi connectivity index (χ0v) is 29.7. The molecule has 0 aliphatic rings. The molecule has 0 radical (unpaired) electrons. The van der Waals surface area contributed by atoms with Crippen molar-refractivity contribution in [1.82, 2.24) is 0 Å². The second-order valence-electron chi connectivity index (χ2n) is 14.4. The van der Waals surface area contributed by atoms with E-state index in [4.69, 9.17) is 17.0 Å². The first-order valence-electron chi connectivity index (χ1n) is 13.5. The molecule has 4 aromatic rings. The number of hydrogen-bond donors (Lipinski definition) is 0. The maximum absolute atomic E-state index is 5.13. The molecular formula is C35H48Cl2Zr-2. The van der Waals surface area contributed by atoms with Crippen LogP contribution in [-0.2, 0) is 40.5 Å². The molecule has 0 amide bonds. The average Bonchev–Trinajstić information content (AvgIpc) is 3.35. The van der Waals surface area contributed by atoms with Gasteiger partial charge >= 0.3 is 40.1 Å². The predicted octanol–water partition coefficient (Wildman–Crippen LogP) is 11.7. The fourth-order valence-electron chi connectivity index (χ4n) is 4.66. The number of hydrogen-bond acceptors (Lipinski definition) is 0. The molecule has 0 aromatic heterocycles. The number of rotatable bonds is 0. The van der Waals surface area contributed by atoms with E-state index in [-0.39, 0.29) is 21.7 Å². The summed E-state index contributed by atoms with van der Waals surface area (Å²) in [5.41, 5.74) is 6.64. The molecule has 0 atom stereocenters. The Morgan fingerprint density at radius 3 is 1.08 bits per heavy atom. The Morgan fingerprint density at radius 1 is 0.553 bits per heavy atom. The normalized spacial score (nSPS) is 12.6. The summed E-state index contributed by atoms with van der Waals surface area (Å²) in [7, 11) is 10.3. The standard InChI is InChI=1S/2C17H23.CH2.2ClH.Zr/c2*1-16(2,3)13-8-9-14-12(11-13)7-10-15(14)17(4,5)6;;;;/h2*7-11H,1-6H3;1H2;2*1H;/q2*-1;;;;+2/p-2. The van der Waals surface area contributed by atoms with E-state index >= 15 is 0 Å². The summed E-state index contributed by atoms with van der Waals surface area (Å²) in [5.74, 6) is 0. The summed E-state index contributed by atoms with van der Waals surface area (Å²) in [4.78, 5) is 0. The van der Waals surface area contributed by atoms with Crippen LogP contribution in [0.25, 0.3) is 21.5 Å². The van der Waals surface area contributed by atoms with Crippen LogP contribution in [0.1, 0.15) is 105 Å². The van der Waals surface area contributed by atoms with Gasteiger partial charge in [0.15, 0.2) is 0 Å². The van der Waals surface area contributed by atoms with E-state index in [1.54, 1.807) is 0 Å². The van der Waals surface area contributed by atoms with Crippen LogP contribution in [0.4, 0.5) is 0 Å². The van der Waals surface area contributed by atoms with Crippen molar-refractivity contribution in [3.63, 3.8) is 0 Å². The molecule has 0 spiro atoms. The Labute approximate surface area is 247 Å². The van der Waals surface area contributed by atoms with Crippen molar-refractivity contribution in [2.75, 3.05) is 0 Å². The van der Waals surface area contributed by atoms with Crippen LogP contribution in [0.15, 0.2) is 60.7 Å². The summed E-state index contributed by atoms with van der Waals surface area (Å²) in [6, 6.07) is 22.9. The Kier molecular flexibility index (Phi) is 10.7. The van der Waals surface area contributed by atoms with Crippen LogP contribution in [0.2, 0.25) is 0 Å². The minimum absolute atomic E-state index is 0.227. The number of halogens is 2. The van der Waals surface area contributed by atoms with Gasteiger partial charge in [-0.2, -0.15) is 0 Å². The third-order valence-corrected chi connectivity index (χ3v) is 6.89. The first kappa shape index (κ1) is 33.2. The van der Waals surface area contributed by atoms with Gasteiger partial charge in [0.05, 0.1) is 0 Å². The van der Waals surface area contributed by atoms with E-state index in [0.717, 1.165) is 0 Å². The summed E-state index contributed by atoms with van der Waals surface area (Å²) < 4.78 is 3.37. The molecule has 0 aliphatic carbocycles. The van der Waals surface area contributed by atoms with Crippen molar-refractivity contribution >= 4 is 42.8 Å². The van der Waals surface area contributed by atoms with Gasteiger partial charge in [-0.15, -0.1) is 81.2 Å². The molecule has 0 N–H and O–H groups in total. The summed E-state index contributed by atoms with van der Waals surface area (Å²) in [6.45, 7) is 27.3. The molecule has 38 heavy (non-hydrogen) atoms. The molecule has 0 heterocycles. The zero-order chi connectivity index (χ0) is 29.3. The van der Waals surface area contributed by atoms with Gasteiger partial charge in [0.1, 0.15) is 0 Å². The average molecular weight is 631 g/mol. The third-order valence-electron chi connectivity index (χ3n) is 6.89. The van der Waals surface area contributed by atoms with E-state index in [1.807, 2.05) is 0 Å². The van der Waals surface area contributed by atoms with Crippen molar-refractivity contribution in [1.29, 1.82) is 0 Å². The van der Waals surface area contributed by atoms with Crippen LogP contribution >= 0.6 is 17.0 Å². The van der Waals surface area contributed by atoms with Gasteiger partial charge in [-0.3, -0.25) is 0 Å². The second-order valence-corrected chi connectivity index (χ2v) is 22.6. The van der Waals surface area contributed by atoms with Crippen LogP contribution in [0.3, 0.4) is 0 Å². The molecule has 4 aromatic carbocycles. The summed E-state index contributed by atoms with van der Waals surface area (Å²) >= 11 is -1.85. The second kappa shape index (κ2) is 12.2. The van der Waals surface area contributed by atoms with E-state index < -0.39 is 18.9 Å². The van der Waals surface area contributed by atoms with Crippen molar-refractivity contribution in [3.05, 3.63) is 82.9 Å². The summed E-state index contributed by atoms with van der Waals surface area (Å²) in [5, 5.41) is 5.57. The Hall–Kier alpha value is -1.01. The molecule has 0 nitrogen and oxygen atoms in total. The van der Waals surface area contributed by atoms with Crippen molar-refractivity contribution in [2.45, 2.75) is 105 Å². The third kappa shape index (κ3) is 9.01. The topological polar surface area (TPSA) is 0 Å². The van der Waals surface area contributed by atoms with Gasteiger partial charge in [-0.05, 0) is 10.8 Å².